The molecule has 9 heteroatoms. The van der Waals surface area contributed by atoms with Crippen molar-refractivity contribution in [2.75, 3.05) is 36.8 Å². The van der Waals surface area contributed by atoms with E-state index in [2.05, 4.69) is 0 Å². The smallest absolute Gasteiger partial charge is 0.250 e. The summed E-state index contributed by atoms with van der Waals surface area (Å²) in [4.78, 5) is 13.6. The van der Waals surface area contributed by atoms with Gasteiger partial charge in [0.05, 0.1) is 0 Å². The summed E-state index contributed by atoms with van der Waals surface area (Å²) in [7, 11) is -3.85. The summed E-state index contributed by atoms with van der Waals surface area (Å²) in [6, 6.07) is 6.01. The molecule has 1 amide bonds. The average Bonchev–Trinajstić information content (AvgIpc) is 2.54. The number of primary amides is 1. The molecule has 1 saturated heterocycles. The minimum atomic E-state index is -3.85. The Morgan fingerprint density at radius 3 is 2.23 bits per heavy atom. The molecule has 1 atom stereocenters. The number of rotatable bonds is 7. The van der Waals surface area contributed by atoms with Gasteiger partial charge in [0.2, 0.25) is 10.0 Å². The first-order chi connectivity index (χ1) is 12.0. The zero-order valence-corrected chi connectivity index (χ0v) is 15.9. The Labute approximate surface area is 153 Å². The SMILES string of the molecule is CC(C)CC(O)(CS(=O)(=O)N1CCN(c2ccc(F)cc2)CC1)C(N)=O. The predicted octanol–water partition coefficient (Wildman–Crippen LogP) is 0.540. The first-order valence-corrected chi connectivity index (χ1v) is 10.1. The fourth-order valence-electron chi connectivity index (χ4n) is 3.18. The zero-order chi connectivity index (χ0) is 19.5. The van der Waals surface area contributed by atoms with Gasteiger partial charge in [0.1, 0.15) is 11.6 Å². The Hall–Kier alpha value is -1.71. The number of nitrogens with zero attached hydrogens (tertiary/aromatic N) is 2. The standard InChI is InChI=1S/C17H26FN3O4S/c1-13(2)11-17(23,16(19)22)12-26(24,25)21-9-7-20(8-10-21)15-5-3-14(18)4-6-15/h3-6,13,23H,7-12H2,1-2H3,(H2,19,22). The van der Waals surface area contributed by atoms with Crippen LogP contribution in [0.4, 0.5) is 10.1 Å². The van der Waals surface area contributed by atoms with E-state index in [4.69, 9.17) is 5.73 Å². The first kappa shape index (κ1) is 20.6. The molecule has 1 aliphatic rings. The molecule has 146 valence electrons. The molecule has 0 radical (unpaired) electrons. The van der Waals surface area contributed by atoms with Crippen molar-refractivity contribution >= 4 is 21.6 Å². The molecule has 0 aliphatic carbocycles. The largest absolute Gasteiger partial charge is 0.379 e. The Balaban J connectivity index is 2.04. The molecule has 2 rings (SSSR count). The predicted molar refractivity (Wildman–Crippen MR) is 97.6 cm³/mol. The van der Waals surface area contributed by atoms with Crippen molar-refractivity contribution in [2.45, 2.75) is 25.9 Å². The van der Waals surface area contributed by atoms with E-state index in [-0.39, 0.29) is 31.2 Å². The molecule has 1 aromatic rings. The van der Waals surface area contributed by atoms with E-state index in [0.717, 1.165) is 5.69 Å². The van der Waals surface area contributed by atoms with Crippen LogP contribution in [0.5, 0.6) is 0 Å². The fraction of sp³-hybridized carbons (Fsp3) is 0.588. The van der Waals surface area contributed by atoms with Crippen molar-refractivity contribution < 1.29 is 22.7 Å². The first-order valence-electron chi connectivity index (χ1n) is 8.54. The Morgan fingerprint density at radius 2 is 1.77 bits per heavy atom. The molecule has 0 bridgehead atoms. The monoisotopic (exact) mass is 387 g/mol. The number of piperazine rings is 1. The lowest BCUT2D eigenvalue weighted by molar-refractivity contribution is -0.135. The van der Waals surface area contributed by atoms with Crippen LogP contribution in [0.15, 0.2) is 24.3 Å². The fourth-order valence-corrected chi connectivity index (χ4v) is 4.94. The third-order valence-corrected chi connectivity index (χ3v) is 6.44. The second-order valence-corrected chi connectivity index (χ2v) is 9.08. The number of aliphatic hydroxyl groups is 1. The zero-order valence-electron chi connectivity index (χ0n) is 15.1. The van der Waals surface area contributed by atoms with Gasteiger partial charge in [-0.05, 0) is 36.6 Å². The maximum atomic E-state index is 13.0. The van der Waals surface area contributed by atoms with Gasteiger partial charge >= 0.3 is 0 Å². The van der Waals surface area contributed by atoms with Crippen LogP contribution >= 0.6 is 0 Å². The van der Waals surface area contributed by atoms with E-state index in [0.29, 0.717) is 13.1 Å². The van der Waals surface area contributed by atoms with E-state index in [9.17, 15) is 22.7 Å². The summed E-state index contributed by atoms with van der Waals surface area (Å²) < 4.78 is 39.6. The highest BCUT2D eigenvalue weighted by molar-refractivity contribution is 7.89. The van der Waals surface area contributed by atoms with Crippen LogP contribution in [0, 0.1) is 11.7 Å². The van der Waals surface area contributed by atoms with Crippen molar-refractivity contribution in [3.63, 3.8) is 0 Å². The lowest BCUT2D eigenvalue weighted by Gasteiger charge is -2.37. The van der Waals surface area contributed by atoms with E-state index >= 15 is 0 Å². The molecule has 1 aromatic carbocycles. The van der Waals surface area contributed by atoms with Crippen LogP contribution in [-0.2, 0) is 14.8 Å². The van der Waals surface area contributed by atoms with E-state index < -0.39 is 27.3 Å². The second kappa shape index (κ2) is 7.89. The number of amides is 1. The molecule has 26 heavy (non-hydrogen) atoms. The van der Waals surface area contributed by atoms with Gasteiger partial charge in [-0.1, -0.05) is 13.8 Å². The van der Waals surface area contributed by atoms with Gasteiger partial charge in [-0.15, -0.1) is 0 Å². The third-order valence-electron chi connectivity index (χ3n) is 4.45. The van der Waals surface area contributed by atoms with Crippen molar-refractivity contribution in [1.82, 2.24) is 4.31 Å². The molecular formula is C17H26FN3O4S. The molecule has 0 aromatic heterocycles. The van der Waals surface area contributed by atoms with Crippen LogP contribution in [0.2, 0.25) is 0 Å². The molecule has 7 nitrogen and oxygen atoms in total. The lowest BCUT2D eigenvalue weighted by Crippen LogP contribution is -2.55. The molecular weight excluding hydrogens is 361 g/mol. The molecule has 3 N–H and O–H groups in total. The maximum Gasteiger partial charge on any atom is 0.250 e. The Morgan fingerprint density at radius 1 is 1.23 bits per heavy atom. The van der Waals surface area contributed by atoms with Crippen LogP contribution in [0.25, 0.3) is 0 Å². The van der Waals surface area contributed by atoms with E-state index in [1.165, 1.54) is 16.4 Å². The van der Waals surface area contributed by atoms with Gasteiger partial charge in [-0.25, -0.2) is 12.8 Å². The number of carbonyl (C=O) groups excluding carboxylic acids is 1. The van der Waals surface area contributed by atoms with Gasteiger partial charge in [0.25, 0.3) is 5.91 Å². The highest BCUT2D eigenvalue weighted by Gasteiger charge is 2.42. The summed E-state index contributed by atoms with van der Waals surface area (Å²) >= 11 is 0. The minimum absolute atomic E-state index is 0.0168. The average molecular weight is 387 g/mol. The maximum absolute atomic E-state index is 13.0. The number of anilines is 1. The van der Waals surface area contributed by atoms with Crippen molar-refractivity contribution in [3.05, 3.63) is 30.1 Å². The Kier molecular flexibility index (Phi) is 6.25. The van der Waals surface area contributed by atoms with E-state index in [1.807, 2.05) is 4.90 Å². The number of hydrogen-bond donors (Lipinski definition) is 2. The van der Waals surface area contributed by atoms with Crippen LogP contribution in [-0.4, -0.2) is 61.3 Å². The Bertz CT molecular complexity index is 731. The van der Waals surface area contributed by atoms with E-state index in [1.54, 1.807) is 26.0 Å². The second-order valence-electron chi connectivity index (χ2n) is 7.11. The highest BCUT2D eigenvalue weighted by atomic mass is 32.2. The summed E-state index contributed by atoms with van der Waals surface area (Å²) in [5, 5.41) is 10.5. The number of nitrogens with two attached hydrogens (primary N) is 1. The molecule has 1 fully saturated rings. The van der Waals surface area contributed by atoms with Gasteiger partial charge in [0.15, 0.2) is 5.60 Å². The molecule has 1 heterocycles. The normalized spacial score (nSPS) is 18.7. The number of benzene rings is 1. The van der Waals surface area contributed by atoms with Crippen LogP contribution in [0.3, 0.4) is 0 Å². The van der Waals surface area contributed by atoms with Crippen LogP contribution in [0.1, 0.15) is 20.3 Å². The summed E-state index contributed by atoms with van der Waals surface area (Å²) in [5.41, 5.74) is 3.99. The quantitative estimate of drug-likeness (QED) is 0.711. The summed E-state index contributed by atoms with van der Waals surface area (Å²) in [6.07, 6.45) is -0.0168. The summed E-state index contributed by atoms with van der Waals surface area (Å²) in [6.45, 7) is 4.87. The van der Waals surface area contributed by atoms with Crippen molar-refractivity contribution in [2.24, 2.45) is 11.7 Å². The highest BCUT2D eigenvalue weighted by Crippen LogP contribution is 2.23. The van der Waals surface area contributed by atoms with Gasteiger partial charge in [-0.3, -0.25) is 4.79 Å². The van der Waals surface area contributed by atoms with Gasteiger partial charge in [-0.2, -0.15) is 4.31 Å². The minimum Gasteiger partial charge on any atom is -0.379 e. The van der Waals surface area contributed by atoms with Crippen molar-refractivity contribution in [3.8, 4) is 0 Å². The summed E-state index contributed by atoms with van der Waals surface area (Å²) in [5.74, 6) is -2.16. The molecule has 1 unspecified atom stereocenters. The number of sulfonamides is 1. The molecule has 1 aliphatic heterocycles. The number of carbonyl (C=O) groups is 1. The topological polar surface area (TPSA) is 104 Å². The van der Waals surface area contributed by atoms with Crippen LogP contribution < -0.4 is 10.6 Å². The van der Waals surface area contributed by atoms with Gasteiger partial charge in [0, 0.05) is 31.9 Å². The van der Waals surface area contributed by atoms with Crippen molar-refractivity contribution in [1.29, 1.82) is 0 Å². The molecule has 0 saturated carbocycles. The molecule has 0 spiro atoms. The lowest BCUT2D eigenvalue weighted by atomic mass is 9.94. The number of hydrogen-bond acceptors (Lipinski definition) is 5. The third kappa shape index (κ3) is 4.93. The number of halogens is 1. The van der Waals surface area contributed by atoms with Gasteiger partial charge < -0.3 is 15.7 Å².